The van der Waals surface area contributed by atoms with Crippen LogP contribution in [0.3, 0.4) is 0 Å². The molecule has 106 heavy (non-hydrogen) atoms. The molecule has 0 aromatic carbocycles. The van der Waals surface area contributed by atoms with Gasteiger partial charge in [-0.1, -0.05) is 414 Å². The molecule has 0 aromatic heterocycles. The van der Waals surface area contributed by atoms with Crippen molar-refractivity contribution in [2.24, 2.45) is 11.8 Å². The van der Waals surface area contributed by atoms with Crippen LogP contribution >= 0.6 is 15.6 Å². The minimum absolute atomic E-state index is 0.109. The van der Waals surface area contributed by atoms with E-state index in [1.807, 2.05) is 0 Å². The van der Waals surface area contributed by atoms with Gasteiger partial charge in [0.15, 0.2) is 12.2 Å². The van der Waals surface area contributed by atoms with Gasteiger partial charge in [-0.2, -0.15) is 0 Å². The number of unbranched alkanes of at least 4 members (excludes halogenated alkanes) is 56. The number of aliphatic hydroxyl groups is 1. The summed E-state index contributed by atoms with van der Waals surface area (Å²) < 4.78 is 68.9. The summed E-state index contributed by atoms with van der Waals surface area (Å²) >= 11 is 0. The first-order valence-electron chi connectivity index (χ1n) is 45.0. The summed E-state index contributed by atoms with van der Waals surface area (Å²) in [5.41, 5.74) is 0. The third kappa shape index (κ3) is 80.1. The predicted molar refractivity (Wildman–Crippen MR) is 437 cm³/mol. The van der Waals surface area contributed by atoms with E-state index < -0.39 is 97.5 Å². The highest BCUT2D eigenvalue weighted by Gasteiger charge is 2.30. The zero-order valence-corrected chi connectivity index (χ0v) is 71.5. The van der Waals surface area contributed by atoms with Gasteiger partial charge in [0.2, 0.25) is 0 Å². The molecule has 0 aliphatic heterocycles. The third-order valence-electron chi connectivity index (χ3n) is 20.5. The SMILES string of the molecule is CCCCCCCCCCCCCCCCCCCC(=O)O[C@H](COC(=O)CCCCCCCCCCCCC)COP(=O)(O)OC[C@H](O)COP(=O)(O)OC[C@@H](COC(=O)CCCCCCCCCCCCCCCCCCC(C)C)OC(=O)CCCCCCCCCCCCCCCCCCC(C)C. The van der Waals surface area contributed by atoms with Crippen LogP contribution in [0.5, 0.6) is 0 Å². The predicted octanol–water partition coefficient (Wildman–Crippen LogP) is 26.6. The highest BCUT2D eigenvalue weighted by atomic mass is 31.2. The van der Waals surface area contributed by atoms with Crippen LogP contribution in [0.1, 0.15) is 465 Å². The molecule has 630 valence electrons. The number of phosphoric acid groups is 2. The number of aliphatic hydroxyl groups excluding tert-OH is 1. The smallest absolute Gasteiger partial charge is 0.462 e. The zero-order chi connectivity index (χ0) is 77.8. The molecule has 0 saturated carbocycles. The lowest BCUT2D eigenvalue weighted by atomic mass is 10.0. The van der Waals surface area contributed by atoms with Gasteiger partial charge in [0, 0.05) is 25.7 Å². The molecular weight excluding hydrogens is 1380 g/mol. The maximum absolute atomic E-state index is 13.2. The number of ether oxygens (including phenoxy) is 4. The number of carbonyl (C=O) groups excluding carboxylic acids is 4. The molecule has 0 bridgehead atoms. The number of rotatable bonds is 86. The van der Waals surface area contributed by atoms with Crippen LogP contribution in [0.25, 0.3) is 0 Å². The summed E-state index contributed by atoms with van der Waals surface area (Å²) in [6.45, 7) is 9.74. The minimum atomic E-state index is -4.97. The first-order valence-corrected chi connectivity index (χ1v) is 48.0. The van der Waals surface area contributed by atoms with Crippen LogP contribution in [-0.2, 0) is 65.4 Å². The van der Waals surface area contributed by atoms with Crippen LogP contribution < -0.4 is 0 Å². The largest absolute Gasteiger partial charge is 0.472 e. The maximum atomic E-state index is 13.2. The summed E-state index contributed by atoms with van der Waals surface area (Å²) in [5, 5.41) is 10.7. The van der Waals surface area contributed by atoms with Crippen molar-refractivity contribution < 1.29 is 80.2 Å². The summed E-state index contributed by atoms with van der Waals surface area (Å²) in [7, 11) is -9.93. The van der Waals surface area contributed by atoms with Gasteiger partial charge < -0.3 is 33.8 Å². The molecule has 0 rings (SSSR count). The second kappa shape index (κ2) is 78.3. The monoisotopic (exact) mass is 1550 g/mol. The van der Waals surface area contributed by atoms with Crippen molar-refractivity contribution in [3.05, 3.63) is 0 Å². The Balaban J connectivity index is 5.24. The van der Waals surface area contributed by atoms with Crippen molar-refractivity contribution in [3.63, 3.8) is 0 Å². The molecule has 0 spiro atoms. The fraction of sp³-hybridized carbons (Fsp3) is 0.954. The molecule has 0 radical (unpaired) electrons. The van der Waals surface area contributed by atoms with E-state index in [9.17, 15) is 43.2 Å². The van der Waals surface area contributed by atoms with Gasteiger partial charge in [-0.3, -0.25) is 37.3 Å². The van der Waals surface area contributed by atoms with Crippen molar-refractivity contribution in [1.82, 2.24) is 0 Å². The molecule has 0 saturated heterocycles. The highest BCUT2D eigenvalue weighted by molar-refractivity contribution is 7.47. The van der Waals surface area contributed by atoms with E-state index >= 15 is 0 Å². The van der Waals surface area contributed by atoms with Gasteiger partial charge in [-0.15, -0.1) is 0 Å². The Labute approximate surface area is 651 Å². The lowest BCUT2D eigenvalue weighted by Gasteiger charge is -2.21. The van der Waals surface area contributed by atoms with Gasteiger partial charge >= 0.3 is 39.5 Å². The Hall–Kier alpha value is -1.94. The molecule has 19 heteroatoms. The van der Waals surface area contributed by atoms with Crippen LogP contribution in [0.15, 0.2) is 0 Å². The molecule has 3 N–H and O–H groups in total. The number of carbonyl (C=O) groups is 4. The molecule has 0 amide bonds. The first kappa shape index (κ1) is 104. The molecule has 0 aliphatic carbocycles. The Morgan fingerprint density at radius 3 is 0.642 bits per heavy atom. The number of hydrogen-bond donors (Lipinski definition) is 3. The third-order valence-corrected chi connectivity index (χ3v) is 22.4. The van der Waals surface area contributed by atoms with Crippen LogP contribution in [0.2, 0.25) is 0 Å². The van der Waals surface area contributed by atoms with Crippen LogP contribution in [0.4, 0.5) is 0 Å². The Kier molecular flexibility index (Phi) is 76.9. The van der Waals surface area contributed by atoms with Crippen LogP contribution in [0, 0.1) is 11.8 Å². The quantitative estimate of drug-likeness (QED) is 0.0222. The van der Waals surface area contributed by atoms with E-state index in [1.165, 1.54) is 283 Å². The lowest BCUT2D eigenvalue weighted by molar-refractivity contribution is -0.161. The van der Waals surface area contributed by atoms with E-state index in [1.54, 1.807) is 0 Å². The highest BCUT2D eigenvalue weighted by Crippen LogP contribution is 2.45. The average Bonchev–Trinajstić information content (AvgIpc) is 0.899. The molecule has 5 atom stereocenters. The van der Waals surface area contributed by atoms with E-state index in [-0.39, 0.29) is 25.7 Å². The lowest BCUT2D eigenvalue weighted by Crippen LogP contribution is -2.30. The number of esters is 4. The molecule has 17 nitrogen and oxygen atoms in total. The topological polar surface area (TPSA) is 237 Å². The van der Waals surface area contributed by atoms with Gasteiger partial charge in [0.05, 0.1) is 26.4 Å². The normalized spacial score (nSPS) is 13.8. The average molecular weight is 1550 g/mol. The van der Waals surface area contributed by atoms with Gasteiger partial charge in [0.25, 0.3) is 0 Å². The molecule has 0 heterocycles. The second-order valence-electron chi connectivity index (χ2n) is 32.2. The van der Waals surface area contributed by atoms with E-state index in [2.05, 4.69) is 41.5 Å². The summed E-state index contributed by atoms with van der Waals surface area (Å²) in [6, 6.07) is 0. The van der Waals surface area contributed by atoms with E-state index in [4.69, 9.17) is 37.0 Å². The Morgan fingerprint density at radius 2 is 0.434 bits per heavy atom. The van der Waals surface area contributed by atoms with Gasteiger partial charge in [-0.05, 0) is 37.5 Å². The van der Waals surface area contributed by atoms with Gasteiger partial charge in [0.1, 0.15) is 19.3 Å². The summed E-state index contributed by atoms with van der Waals surface area (Å²) in [6.07, 6.45) is 70.7. The molecule has 0 aromatic rings. The number of hydrogen-bond acceptors (Lipinski definition) is 15. The number of phosphoric ester groups is 2. The van der Waals surface area contributed by atoms with Crippen molar-refractivity contribution in [2.75, 3.05) is 39.6 Å². The van der Waals surface area contributed by atoms with Crippen molar-refractivity contribution in [3.8, 4) is 0 Å². The Morgan fingerprint density at radius 1 is 0.255 bits per heavy atom. The second-order valence-corrected chi connectivity index (χ2v) is 35.1. The van der Waals surface area contributed by atoms with Crippen LogP contribution in [-0.4, -0.2) is 96.7 Å². The summed E-state index contributed by atoms with van der Waals surface area (Å²) in [5.74, 6) is -0.477. The van der Waals surface area contributed by atoms with E-state index in [0.29, 0.717) is 25.7 Å². The molecule has 2 unspecified atom stereocenters. The Bertz CT molecular complexity index is 2030. The minimum Gasteiger partial charge on any atom is -0.462 e. The first-order chi connectivity index (χ1) is 51.4. The van der Waals surface area contributed by atoms with E-state index in [0.717, 1.165) is 102 Å². The molecule has 0 fully saturated rings. The standard InChI is InChI=1S/C87H170O17P2/c1-7-9-11-13-15-17-19-20-21-22-30-35-41-47-53-59-65-71-86(91)103-82(75-97-84(89)69-63-57-51-45-37-18-16-14-12-10-8-2)77-101-105(93,94)99-73-81(88)74-100-106(95,96)102-78-83(104-87(92)72-66-60-54-48-42-36-31-26-24-28-33-39-44-50-56-62-68-80(5)6)76-98-85(90)70-64-58-52-46-40-34-29-25-23-27-32-38-43-49-55-61-67-79(3)4/h79-83,88H,7-78H2,1-6H3,(H,93,94)(H,95,96)/t81-,82+,83+/m0/s1. The van der Waals surface area contributed by atoms with Crippen molar-refractivity contribution >= 4 is 39.5 Å². The maximum Gasteiger partial charge on any atom is 0.472 e. The van der Waals surface area contributed by atoms with Gasteiger partial charge in [-0.25, -0.2) is 9.13 Å². The summed E-state index contributed by atoms with van der Waals surface area (Å²) in [4.78, 5) is 73.3. The van der Waals surface area contributed by atoms with Crippen molar-refractivity contribution in [1.29, 1.82) is 0 Å². The zero-order valence-electron chi connectivity index (χ0n) is 69.7. The molecule has 0 aliphatic rings. The van der Waals surface area contributed by atoms with Crippen molar-refractivity contribution in [2.45, 2.75) is 484 Å². The molecular formula is C87H170O17P2. The fourth-order valence-electron chi connectivity index (χ4n) is 13.6. The fourth-order valence-corrected chi connectivity index (χ4v) is 15.2.